The molecule has 2 N–H and O–H groups in total. The summed E-state index contributed by atoms with van der Waals surface area (Å²) in [7, 11) is -3.57. The number of furan rings is 1. The second-order valence-corrected chi connectivity index (χ2v) is 8.45. The fourth-order valence-corrected chi connectivity index (χ4v) is 5.08. The lowest BCUT2D eigenvalue weighted by molar-refractivity contribution is 0.0665. The lowest BCUT2D eigenvalue weighted by Crippen LogP contribution is -2.55. The summed E-state index contributed by atoms with van der Waals surface area (Å²) in [6, 6.07) is 15.0. The first kappa shape index (κ1) is 17.6. The minimum absolute atomic E-state index is 0.143. The molecule has 0 saturated carbocycles. The van der Waals surface area contributed by atoms with E-state index in [-0.39, 0.29) is 10.7 Å². The lowest BCUT2D eigenvalue weighted by Gasteiger charge is -2.37. The van der Waals surface area contributed by atoms with E-state index in [1.807, 2.05) is 4.90 Å². The summed E-state index contributed by atoms with van der Waals surface area (Å²) in [4.78, 5) is 13.2. The molecule has 1 aliphatic heterocycles. The van der Waals surface area contributed by atoms with Crippen LogP contribution < -0.4 is 10.2 Å². The van der Waals surface area contributed by atoms with Crippen LogP contribution in [0.1, 0.15) is 10.6 Å². The Kier molecular flexibility index (Phi) is 4.37. The maximum absolute atomic E-state index is 13.2. The predicted octanol–water partition coefficient (Wildman–Crippen LogP) is 2.34. The third kappa shape index (κ3) is 3.17. The van der Waals surface area contributed by atoms with Gasteiger partial charge in [0.25, 0.3) is 0 Å². The lowest BCUT2D eigenvalue weighted by atomic mass is 10.2. The number of benzene rings is 2. The third-order valence-corrected chi connectivity index (χ3v) is 6.74. The van der Waals surface area contributed by atoms with E-state index in [1.165, 1.54) is 6.07 Å². The van der Waals surface area contributed by atoms with E-state index in [2.05, 4.69) is 5.32 Å². The highest BCUT2D eigenvalue weighted by molar-refractivity contribution is 7.92. The molecule has 8 heteroatoms. The Morgan fingerprint density at radius 3 is 2.67 bits per heavy atom. The third-order valence-electron chi connectivity index (χ3n) is 4.67. The number of fused-ring (bicyclic) bond motifs is 1. The largest absolute Gasteiger partial charge is 0.475 e. The first-order valence-corrected chi connectivity index (χ1v) is 10.0. The van der Waals surface area contributed by atoms with Gasteiger partial charge >= 0.3 is 5.97 Å². The molecular formula is C19H18N2O5S. The minimum Gasteiger partial charge on any atom is -0.475 e. The summed E-state index contributed by atoms with van der Waals surface area (Å²) >= 11 is 0. The van der Waals surface area contributed by atoms with E-state index in [9.17, 15) is 13.2 Å². The summed E-state index contributed by atoms with van der Waals surface area (Å²) < 4.78 is 31.6. The van der Waals surface area contributed by atoms with Crippen LogP contribution in [0.5, 0.6) is 0 Å². The van der Waals surface area contributed by atoms with Crippen molar-refractivity contribution in [3.05, 3.63) is 60.4 Å². The summed E-state index contributed by atoms with van der Waals surface area (Å²) in [6.45, 7) is 1.48. The summed E-state index contributed by atoms with van der Waals surface area (Å²) in [5.41, 5.74) is 1.17. The van der Waals surface area contributed by atoms with Crippen molar-refractivity contribution < 1.29 is 22.7 Å². The second kappa shape index (κ2) is 6.71. The SMILES string of the molecule is O=C(O)c1cc2cc(N3CCNCC3S(=O)(=O)c3ccccc3)ccc2o1. The summed E-state index contributed by atoms with van der Waals surface area (Å²) in [5.74, 6) is -1.28. The quantitative estimate of drug-likeness (QED) is 0.710. The van der Waals surface area contributed by atoms with Crippen LogP contribution in [-0.2, 0) is 9.84 Å². The van der Waals surface area contributed by atoms with Gasteiger partial charge in [0.15, 0.2) is 0 Å². The molecule has 1 unspecified atom stereocenters. The number of piperazine rings is 1. The molecule has 3 aromatic rings. The number of nitrogens with zero attached hydrogens (tertiary/aromatic N) is 1. The Balaban J connectivity index is 1.74. The van der Waals surface area contributed by atoms with Crippen molar-refractivity contribution >= 4 is 32.5 Å². The van der Waals surface area contributed by atoms with Crippen molar-refractivity contribution in [1.82, 2.24) is 5.32 Å². The molecule has 1 atom stereocenters. The van der Waals surface area contributed by atoms with Crippen LogP contribution in [0.4, 0.5) is 5.69 Å². The van der Waals surface area contributed by atoms with Gasteiger partial charge in [-0.1, -0.05) is 18.2 Å². The highest BCUT2D eigenvalue weighted by atomic mass is 32.2. The van der Waals surface area contributed by atoms with E-state index in [1.54, 1.807) is 48.5 Å². The van der Waals surface area contributed by atoms with Crippen LogP contribution >= 0.6 is 0 Å². The van der Waals surface area contributed by atoms with E-state index < -0.39 is 21.2 Å². The molecule has 1 saturated heterocycles. The number of carboxylic acids is 1. The molecule has 27 heavy (non-hydrogen) atoms. The zero-order chi connectivity index (χ0) is 19.0. The van der Waals surface area contributed by atoms with Crippen molar-refractivity contribution in [2.75, 3.05) is 24.5 Å². The standard InChI is InChI=1S/C19H18N2O5S/c22-19(23)17-11-13-10-14(6-7-16(13)26-17)21-9-8-20-12-18(21)27(24,25)15-4-2-1-3-5-15/h1-7,10-11,18,20H,8-9,12H2,(H,22,23). The molecular weight excluding hydrogens is 368 g/mol. The minimum atomic E-state index is -3.57. The Morgan fingerprint density at radius 2 is 1.93 bits per heavy atom. The first-order chi connectivity index (χ1) is 13.0. The van der Waals surface area contributed by atoms with Gasteiger partial charge in [0.2, 0.25) is 15.6 Å². The van der Waals surface area contributed by atoms with Gasteiger partial charge in [0, 0.05) is 30.7 Å². The molecule has 2 heterocycles. The Bertz CT molecular complexity index is 1090. The molecule has 0 amide bonds. The average Bonchev–Trinajstić information content (AvgIpc) is 3.12. The molecule has 140 valence electrons. The average molecular weight is 386 g/mol. The Labute approximate surface area is 156 Å². The fraction of sp³-hybridized carbons (Fsp3) is 0.211. The highest BCUT2D eigenvalue weighted by Crippen LogP contribution is 2.29. The van der Waals surface area contributed by atoms with Crippen molar-refractivity contribution in [2.45, 2.75) is 10.3 Å². The number of aromatic carboxylic acids is 1. The molecule has 0 radical (unpaired) electrons. The van der Waals surface area contributed by atoms with Gasteiger partial charge < -0.3 is 19.7 Å². The molecule has 1 fully saturated rings. The number of nitrogens with one attached hydrogen (secondary N) is 1. The van der Waals surface area contributed by atoms with Crippen LogP contribution in [0.3, 0.4) is 0 Å². The molecule has 1 aromatic heterocycles. The monoisotopic (exact) mass is 386 g/mol. The summed E-state index contributed by atoms with van der Waals surface area (Å²) in [6.07, 6.45) is 0. The van der Waals surface area contributed by atoms with Gasteiger partial charge in [0.1, 0.15) is 11.0 Å². The number of rotatable bonds is 4. The molecule has 0 bridgehead atoms. The van der Waals surface area contributed by atoms with E-state index in [0.717, 1.165) is 0 Å². The predicted molar refractivity (Wildman–Crippen MR) is 101 cm³/mol. The van der Waals surface area contributed by atoms with Gasteiger partial charge in [-0.25, -0.2) is 13.2 Å². The maximum atomic E-state index is 13.2. The van der Waals surface area contributed by atoms with Crippen molar-refractivity contribution in [1.29, 1.82) is 0 Å². The van der Waals surface area contributed by atoms with Crippen molar-refractivity contribution in [2.24, 2.45) is 0 Å². The van der Waals surface area contributed by atoms with Crippen LogP contribution in [0.25, 0.3) is 11.0 Å². The molecule has 0 spiro atoms. The number of hydrogen-bond acceptors (Lipinski definition) is 6. The maximum Gasteiger partial charge on any atom is 0.371 e. The van der Waals surface area contributed by atoms with Crippen molar-refractivity contribution in [3.63, 3.8) is 0 Å². The number of carbonyl (C=O) groups is 1. The van der Waals surface area contributed by atoms with Crippen LogP contribution in [-0.4, -0.2) is 44.5 Å². The smallest absolute Gasteiger partial charge is 0.371 e. The van der Waals surface area contributed by atoms with Crippen molar-refractivity contribution in [3.8, 4) is 0 Å². The molecule has 7 nitrogen and oxygen atoms in total. The Hall–Kier alpha value is -2.84. The van der Waals surface area contributed by atoms with Gasteiger partial charge in [-0.3, -0.25) is 0 Å². The fourth-order valence-electron chi connectivity index (χ4n) is 3.33. The number of carboxylic acid groups (broad SMARTS) is 1. The normalized spacial score (nSPS) is 17.9. The van der Waals surface area contributed by atoms with E-state index in [0.29, 0.717) is 36.3 Å². The van der Waals surface area contributed by atoms with Crippen LogP contribution in [0, 0.1) is 0 Å². The van der Waals surface area contributed by atoms with Crippen LogP contribution in [0.15, 0.2) is 63.9 Å². The van der Waals surface area contributed by atoms with E-state index in [4.69, 9.17) is 9.52 Å². The number of hydrogen-bond donors (Lipinski definition) is 2. The van der Waals surface area contributed by atoms with Gasteiger partial charge in [-0.15, -0.1) is 0 Å². The topological polar surface area (TPSA) is 99.9 Å². The van der Waals surface area contributed by atoms with Crippen LogP contribution in [0.2, 0.25) is 0 Å². The number of sulfone groups is 1. The molecule has 2 aromatic carbocycles. The number of anilines is 1. The first-order valence-electron chi connectivity index (χ1n) is 8.50. The highest BCUT2D eigenvalue weighted by Gasteiger charge is 2.35. The zero-order valence-corrected chi connectivity index (χ0v) is 15.1. The van der Waals surface area contributed by atoms with E-state index >= 15 is 0 Å². The Morgan fingerprint density at radius 1 is 1.15 bits per heavy atom. The molecule has 4 rings (SSSR count). The molecule has 1 aliphatic rings. The summed E-state index contributed by atoms with van der Waals surface area (Å²) in [5, 5.41) is 12.1. The second-order valence-electron chi connectivity index (χ2n) is 6.35. The van der Waals surface area contributed by atoms with Gasteiger partial charge in [0.05, 0.1) is 4.90 Å². The van der Waals surface area contributed by atoms with Gasteiger partial charge in [-0.05, 0) is 36.4 Å². The molecule has 0 aliphatic carbocycles. The van der Waals surface area contributed by atoms with Gasteiger partial charge in [-0.2, -0.15) is 0 Å². The zero-order valence-electron chi connectivity index (χ0n) is 14.3.